The number of aryl methyl sites for hydroxylation is 1. The van der Waals surface area contributed by atoms with Crippen molar-refractivity contribution < 1.29 is 10.2 Å². The highest BCUT2D eigenvalue weighted by Gasteiger charge is 2.52. The molecule has 3 rings (SSSR count). The third kappa shape index (κ3) is 4.17. The Morgan fingerprint density at radius 1 is 1.04 bits per heavy atom. The summed E-state index contributed by atoms with van der Waals surface area (Å²) in [5, 5.41) is 21.8. The summed E-state index contributed by atoms with van der Waals surface area (Å²) >= 11 is 0. The summed E-state index contributed by atoms with van der Waals surface area (Å²) in [5.41, 5.74) is 1.42. The Balaban J connectivity index is 1.61. The van der Waals surface area contributed by atoms with Gasteiger partial charge in [0.1, 0.15) is 0 Å². The molecule has 0 spiro atoms. The fraction of sp³-hybridized carbons (Fsp3) is 0.652. The number of aliphatic hydroxyl groups is 2. The van der Waals surface area contributed by atoms with Gasteiger partial charge in [-0.15, -0.1) is 0 Å². The molecule has 0 aliphatic heterocycles. The van der Waals surface area contributed by atoms with E-state index in [1.165, 1.54) is 11.1 Å². The molecular weight excluding hydrogens is 308 g/mol. The van der Waals surface area contributed by atoms with Gasteiger partial charge < -0.3 is 10.2 Å². The van der Waals surface area contributed by atoms with Crippen LogP contribution in [0.3, 0.4) is 0 Å². The summed E-state index contributed by atoms with van der Waals surface area (Å²) in [4.78, 5) is 0. The van der Waals surface area contributed by atoms with Gasteiger partial charge >= 0.3 is 0 Å². The van der Waals surface area contributed by atoms with Crippen LogP contribution in [0.5, 0.6) is 0 Å². The van der Waals surface area contributed by atoms with Crippen LogP contribution in [0.2, 0.25) is 0 Å². The Labute approximate surface area is 153 Å². The molecule has 1 aromatic rings. The van der Waals surface area contributed by atoms with Crippen molar-refractivity contribution in [2.75, 3.05) is 0 Å². The quantitative estimate of drug-likeness (QED) is 0.748. The van der Waals surface area contributed by atoms with Gasteiger partial charge in [0.2, 0.25) is 0 Å². The molecule has 2 N–H and O–H groups in total. The summed E-state index contributed by atoms with van der Waals surface area (Å²) in [6, 6.07) is 10.6. The van der Waals surface area contributed by atoms with E-state index in [-0.39, 0.29) is 11.8 Å². The molecule has 2 nitrogen and oxygen atoms in total. The second-order valence-corrected chi connectivity index (χ2v) is 8.93. The van der Waals surface area contributed by atoms with Crippen LogP contribution >= 0.6 is 0 Å². The van der Waals surface area contributed by atoms with Crippen molar-refractivity contribution in [3.05, 3.63) is 48.0 Å². The lowest BCUT2D eigenvalue weighted by Gasteiger charge is -2.35. The molecule has 0 unspecified atom stereocenters. The molecule has 2 fully saturated rings. The molecule has 2 aliphatic carbocycles. The number of hydrogen-bond donors (Lipinski definition) is 2. The monoisotopic (exact) mass is 342 g/mol. The second-order valence-electron chi connectivity index (χ2n) is 8.93. The lowest BCUT2D eigenvalue weighted by atomic mass is 9.75. The van der Waals surface area contributed by atoms with E-state index in [0.717, 1.165) is 51.4 Å². The van der Waals surface area contributed by atoms with Crippen molar-refractivity contribution >= 4 is 0 Å². The molecule has 5 atom stereocenters. The summed E-state index contributed by atoms with van der Waals surface area (Å²) in [6.45, 7) is 8.34. The first-order chi connectivity index (χ1) is 11.8. The molecule has 0 aromatic heterocycles. The molecule has 0 radical (unpaired) electrons. The van der Waals surface area contributed by atoms with Gasteiger partial charge in [0.25, 0.3) is 0 Å². The summed E-state index contributed by atoms with van der Waals surface area (Å²) in [7, 11) is 0. The van der Waals surface area contributed by atoms with Crippen LogP contribution in [0.15, 0.2) is 42.5 Å². The van der Waals surface area contributed by atoms with Gasteiger partial charge in [0, 0.05) is 0 Å². The molecule has 2 saturated carbocycles. The highest BCUT2D eigenvalue weighted by atomic mass is 16.3. The minimum absolute atomic E-state index is 0.195. The van der Waals surface area contributed by atoms with Gasteiger partial charge in [0.15, 0.2) is 0 Å². The average molecular weight is 343 g/mol. The van der Waals surface area contributed by atoms with Crippen LogP contribution in [0.4, 0.5) is 0 Å². The molecule has 2 heteroatoms. The van der Waals surface area contributed by atoms with Gasteiger partial charge in [-0.2, -0.15) is 0 Å². The molecule has 0 heterocycles. The van der Waals surface area contributed by atoms with Crippen LogP contribution in [0.1, 0.15) is 64.4 Å². The van der Waals surface area contributed by atoms with Crippen LogP contribution in [-0.2, 0) is 6.42 Å². The Bertz CT molecular complexity index is 587. The highest BCUT2D eigenvalue weighted by molar-refractivity contribution is 5.15. The van der Waals surface area contributed by atoms with E-state index in [1.807, 2.05) is 13.8 Å². The van der Waals surface area contributed by atoms with Crippen LogP contribution in [0, 0.1) is 17.8 Å². The Morgan fingerprint density at radius 2 is 1.68 bits per heavy atom. The highest BCUT2D eigenvalue weighted by Crippen LogP contribution is 2.53. The van der Waals surface area contributed by atoms with E-state index in [0.29, 0.717) is 5.92 Å². The molecular formula is C23H34O2. The van der Waals surface area contributed by atoms with Crippen LogP contribution < -0.4 is 0 Å². The summed E-state index contributed by atoms with van der Waals surface area (Å²) < 4.78 is 0. The molecule has 0 amide bonds. The number of rotatable bonds is 5. The SMILES string of the molecule is C=C(CCCc1ccccc1)[C@H]1CC[C@](C)(O)[C@H]2CC[C@](C)(O)[C@@H]2C1. The van der Waals surface area contributed by atoms with Crippen molar-refractivity contribution in [2.45, 2.75) is 76.4 Å². The first-order valence-electron chi connectivity index (χ1n) is 9.96. The predicted molar refractivity (Wildman–Crippen MR) is 103 cm³/mol. The zero-order valence-electron chi connectivity index (χ0n) is 15.9. The van der Waals surface area contributed by atoms with Crippen molar-refractivity contribution in [1.29, 1.82) is 0 Å². The minimum atomic E-state index is -0.649. The topological polar surface area (TPSA) is 40.5 Å². The van der Waals surface area contributed by atoms with E-state index >= 15 is 0 Å². The zero-order chi connectivity index (χ0) is 18.1. The molecule has 25 heavy (non-hydrogen) atoms. The second kappa shape index (κ2) is 7.25. The van der Waals surface area contributed by atoms with Crippen molar-refractivity contribution in [2.24, 2.45) is 17.8 Å². The fourth-order valence-corrected chi connectivity index (χ4v) is 5.25. The number of hydrogen-bond acceptors (Lipinski definition) is 2. The van der Waals surface area contributed by atoms with Crippen molar-refractivity contribution in [3.63, 3.8) is 0 Å². The predicted octanol–water partition coefficient (Wildman–Crippen LogP) is 4.89. The van der Waals surface area contributed by atoms with Crippen LogP contribution in [0.25, 0.3) is 0 Å². The van der Waals surface area contributed by atoms with Gasteiger partial charge in [-0.05, 0) is 88.5 Å². The van der Waals surface area contributed by atoms with E-state index in [1.54, 1.807) is 0 Å². The maximum Gasteiger partial charge on any atom is 0.0651 e. The Morgan fingerprint density at radius 3 is 2.40 bits per heavy atom. The van der Waals surface area contributed by atoms with E-state index < -0.39 is 11.2 Å². The zero-order valence-corrected chi connectivity index (χ0v) is 15.9. The standard InChI is InChI=1S/C23H34O2/c1-17(8-7-11-18-9-5-4-6-10-18)19-12-14-22(2,24)20-13-15-23(3,25)21(20)16-19/h4-6,9-10,19-21,24-25H,1,7-8,11-16H2,2-3H3/t19-,20-,21+,22-,23-/m0/s1. The van der Waals surface area contributed by atoms with Crippen molar-refractivity contribution in [3.8, 4) is 0 Å². The Kier molecular flexibility index (Phi) is 5.41. The van der Waals surface area contributed by atoms with Crippen LogP contribution in [-0.4, -0.2) is 21.4 Å². The first kappa shape index (κ1) is 18.7. The van der Waals surface area contributed by atoms with E-state index in [2.05, 4.69) is 36.9 Å². The van der Waals surface area contributed by atoms with E-state index in [4.69, 9.17) is 0 Å². The maximum absolute atomic E-state index is 10.9. The van der Waals surface area contributed by atoms with Crippen molar-refractivity contribution in [1.82, 2.24) is 0 Å². The largest absolute Gasteiger partial charge is 0.390 e. The number of fused-ring (bicyclic) bond motifs is 1. The summed E-state index contributed by atoms with van der Waals surface area (Å²) in [6.07, 6.45) is 7.82. The molecule has 0 bridgehead atoms. The first-order valence-corrected chi connectivity index (χ1v) is 9.96. The number of allylic oxidation sites excluding steroid dienone is 1. The Hall–Kier alpha value is -1.12. The average Bonchev–Trinajstić information content (AvgIpc) is 2.79. The smallest absolute Gasteiger partial charge is 0.0651 e. The lowest BCUT2D eigenvalue weighted by molar-refractivity contribution is -0.0539. The van der Waals surface area contributed by atoms with Gasteiger partial charge in [-0.3, -0.25) is 0 Å². The third-order valence-electron chi connectivity index (χ3n) is 6.97. The lowest BCUT2D eigenvalue weighted by Crippen LogP contribution is -2.40. The normalized spacial score (nSPS) is 38.2. The van der Waals surface area contributed by atoms with E-state index in [9.17, 15) is 10.2 Å². The molecule has 2 aliphatic rings. The third-order valence-corrected chi connectivity index (χ3v) is 6.97. The maximum atomic E-state index is 10.9. The fourth-order valence-electron chi connectivity index (χ4n) is 5.25. The molecule has 0 saturated heterocycles. The van der Waals surface area contributed by atoms with Gasteiger partial charge in [-0.25, -0.2) is 0 Å². The number of benzene rings is 1. The summed E-state index contributed by atoms with van der Waals surface area (Å²) in [5.74, 6) is 0.854. The molecule has 138 valence electrons. The molecule has 1 aromatic carbocycles. The minimum Gasteiger partial charge on any atom is -0.390 e. The van der Waals surface area contributed by atoms with Gasteiger partial charge in [0.05, 0.1) is 11.2 Å². The van der Waals surface area contributed by atoms with Gasteiger partial charge in [-0.1, -0.05) is 42.5 Å².